The van der Waals surface area contributed by atoms with E-state index in [-0.39, 0.29) is 32.1 Å². The van der Waals surface area contributed by atoms with E-state index in [0.717, 1.165) is 0 Å². The van der Waals surface area contributed by atoms with E-state index in [1.165, 1.54) is 0 Å². The maximum Gasteiger partial charge on any atom is 2.00 e. The second-order valence-electron chi connectivity index (χ2n) is 0.298. The van der Waals surface area contributed by atoms with Crippen LogP contribution in [0.25, 0.3) is 0 Å². The van der Waals surface area contributed by atoms with Crippen LogP contribution in [0.3, 0.4) is 0 Å². The Morgan fingerprint density at radius 1 is 1.00 bits per heavy atom. The third-order valence-corrected chi connectivity index (χ3v) is 0. The molecule has 62 valence electrons. The maximum absolute atomic E-state index is 8.36. The van der Waals surface area contributed by atoms with E-state index in [1.54, 1.807) is 0 Å². The van der Waals surface area contributed by atoms with Gasteiger partial charge in [0.1, 0.15) is 0 Å². The molecule has 4 N–H and O–H groups in total. The molecule has 0 aliphatic heterocycles. The Labute approximate surface area is 75.4 Å². The normalized spacial score (nSPS) is 3.27. The van der Waals surface area contributed by atoms with Gasteiger partial charge in [-0.1, -0.05) is 0 Å². The van der Waals surface area contributed by atoms with Crippen molar-refractivity contribution in [3.05, 3.63) is 0 Å². The Hall–Kier alpha value is -1.01. The molecule has 0 atom stereocenters. The van der Waals surface area contributed by atoms with Gasteiger partial charge in [-0.05, 0) is 0 Å². The quantitative estimate of drug-likeness (QED) is 0.317. The minimum absolute atomic E-state index is 0. The zero-order valence-corrected chi connectivity index (χ0v) is 8.60. The van der Waals surface area contributed by atoms with Crippen LogP contribution in [0.1, 0.15) is 0 Å². The summed E-state index contributed by atoms with van der Waals surface area (Å²) in [5.41, 5.74) is 0. The number of carboxylic acid groups (broad SMARTS) is 3. The first-order valence-corrected chi connectivity index (χ1v) is 1.44. The van der Waals surface area contributed by atoms with Crippen LogP contribution in [0.15, 0.2) is 0 Å². The molecular formula is C3H7NO6Zn. The molecule has 11 heavy (non-hydrogen) atoms. The minimum Gasteiger partial charge on any atom is -0.554 e. The van der Waals surface area contributed by atoms with Gasteiger partial charge in [0.25, 0.3) is 6.47 Å². The zero-order chi connectivity index (χ0) is 8.12. The summed E-state index contributed by atoms with van der Waals surface area (Å²) < 4.78 is 0. The van der Waals surface area contributed by atoms with Crippen LogP contribution in [0.4, 0.5) is 0 Å². The van der Waals surface area contributed by atoms with E-state index in [0.29, 0.717) is 0 Å². The first kappa shape index (κ1) is 32.4. The van der Waals surface area contributed by atoms with Crippen molar-refractivity contribution >= 4 is 19.4 Å². The first-order valence-electron chi connectivity index (χ1n) is 1.44. The van der Waals surface area contributed by atoms with Crippen LogP contribution < -0.4 is 16.4 Å². The molecule has 0 rings (SSSR count). The summed E-state index contributed by atoms with van der Waals surface area (Å²) in [6.45, 7) is -1.25. The Balaban J connectivity index is -0.0000000150. The topological polar surface area (TPSA) is 153 Å². The van der Waals surface area contributed by atoms with Crippen molar-refractivity contribution in [2.75, 3.05) is 0 Å². The molecule has 0 fully saturated rings. The van der Waals surface area contributed by atoms with Gasteiger partial charge >= 0.3 is 19.5 Å². The molecule has 0 unspecified atom stereocenters. The number of carbonyl (C=O) groups excluding carboxylic acids is 2. The van der Waals surface area contributed by atoms with Gasteiger partial charge in [-0.25, -0.2) is 0 Å². The number of hydrogen-bond acceptors (Lipinski definition) is 6. The van der Waals surface area contributed by atoms with Gasteiger partial charge in [0.15, 0.2) is 0 Å². The maximum atomic E-state index is 8.36. The van der Waals surface area contributed by atoms with Gasteiger partial charge in [0.2, 0.25) is 0 Å². The molecule has 0 heterocycles. The molecule has 0 saturated carbocycles. The predicted molar refractivity (Wildman–Crippen MR) is 25.8 cm³/mol. The van der Waals surface area contributed by atoms with Crippen molar-refractivity contribution in [2.24, 2.45) is 0 Å². The second-order valence-corrected chi connectivity index (χ2v) is 0.298. The van der Waals surface area contributed by atoms with Crippen molar-refractivity contribution in [2.45, 2.75) is 0 Å². The fraction of sp³-hybridized carbons (Fsp3) is 0. The number of rotatable bonds is 0. The zero-order valence-electron chi connectivity index (χ0n) is 5.63. The summed E-state index contributed by atoms with van der Waals surface area (Å²) in [5.74, 6) is 0. The fourth-order valence-corrected chi connectivity index (χ4v) is 0. The molecule has 7 nitrogen and oxygen atoms in total. The van der Waals surface area contributed by atoms with Crippen LogP contribution in [0.5, 0.6) is 0 Å². The Kier molecular flexibility index (Phi) is 426. The molecule has 0 saturated heterocycles. The molecule has 8 heteroatoms. The van der Waals surface area contributed by atoms with Crippen LogP contribution >= 0.6 is 0 Å². The first-order chi connectivity index (χ1) is 4.24. The third-order valence-electron chi connectivity index (χ3n) is 0. The molecule has 0 aliphatic carbocycles. The van der Waals surface area contributed by atoms with E-state index >= 15 is 0 Å². The average molecular weight is 218 g/mol. The average Bonchev–Trinajstić information content (AvgIpc) is 1.70. The van der Waals surface area contributed by atoms with Crippen LogP contribution in [0.2, 0.25) is 0 Å². The van der Waals surface area contributed by atoms with Crippen molar-refractivity contribution in [3.8, 4) is 0 Å². The summed E-state index contributed by atoms with van der Waals surface area (Å²) in [6.07, 6.45) is 0. The summed E-state index contributed by atoms with van der Waals surface area (Å²) in [5, 5.41) is 23.4. The van der Waals surface area contributed by atoms with Crippen molar-refractivity contribution in [3.63, 3.8) is 0 Å². The Morgan fingerprint density at radius 3 is 1.00 bits per heavy atom. The van der Waals surface area contributed by atoms with Crippen molar-refractivity contribution in [1.82, 2.24) is 6.15 Å². The molecule has 0 bridgehead atoms. The number of hydrogen-bond donors (Lipinski definition) is 2. The van der Waals surface area contributed by atoms with Gasteiger partial charge in [-0.15, -0.1) is 0 Å². The van der Waals surface area contributed by atoms with Crippen molar-refractivity contribution in [1.29, 1.82) is 0 Å². The molecule has 0 aromatic carbocycles. The van der Waals surface area contributed by atoms with Gasteiger partial charge in [-0.2, -0.15) is 0 Å². The summed E-state index contributed by atoms with van der Waals surface area (Å²) in [6, 6.07) is 0. The largest absolute Gasteiger partial charge is 2.00 e. The summed E-state index contributed by atoms with van der Waals surface area (Å²) >= 11 is 0. The molecule has 0 aromatic rings. The monoisotopic (exact) mass is 217 g/mol. The molecule has 0 aliphatic rings. The smallest absolute Gasteiger partial charge is 0.554 e. The van der Waals surface area contributed by atoms with Crippen LogP contribution in [0, 0.1) is 0 Å². The fourth-order valence-electron chi connectivity index (χ4n) is 0. The van der Waals surface area contributed by atoms with E-state index in [2.05, 4.69) is 0 Å². The van der Waals surface area contributed by atoms with Gasteiger partial charge < -0.3 is 31.1 Å². The molecule has 0 amide bonds. The molecule has 0 spiro atoms. The standard InChI is InChI=1S/3CH2O2.H3N.Zn/c3*2-1-3;;/h3*1H,(H,2,3);1H3;/q;;;;+2/p-2. The molecule has 0 radical (unpaired) electrons. The van der Waals surface area contributed by atoms with Crippen LogP contribution in [-0.2, 0) is 33.9 Å². The predicted octanol–water partition coefficient (Wildman–Crippen LogP) is -3.41. The second kappa shape index (κ2) is 145. The van der Waals surface area contributed by atoms with E-state index in [1.807, 2.05) is 0 Å². The van der Waals surface area contributed by atoms with Gasteiger partial charge in [-0.3, -0.25) is 4.79 Å². The Morgan fingerprint density at radius 2 is 1.00 bits per heavy atom. The Bertz CT molecular complexity index is 54.6. The molecular weight excluding hydrogens is 211 g/mol. The van der Waals surface area contributed by atoms with E-state index < -0.39 is 12.9 Å². The SMILES string of the molecule is N.O=CO.O=C[O-].O=C[O-].[Zn+2]. The van der Waals surface area contributed by atoms with Gasteiger partial charge in [0.05, 0.1) is 0 Å². The van der Waals surface area contributed by atoms with Crippen LogP contribution in [-0.4, -0.2) is 24.5 Å². The summed E-state index contributed by atoms with van der Waals surface area (Å²) in [4.78, 5) is 24.9. The van der Waals surface area contributed by atoms with Crippen molar-refractivity contribution < 1.29 is 49.2 Å². The van der Waals surface area contributed by atoms with E-state index in [9.17, 15) is 0 Å². The third kappa shape index (κ3) is 434. The van der Waals surface area contributed by atoms with Gasteiger partial charge in [0, 0.05) is 12.9 Å². The minimum atomic E-state index is -0.500. The summed E-state index contributed by atoms with van der Waals surface area (Å²) in [7, 11) is 0. The molecule has 0 aromatic heterocycles. The number of carbonyl (C=O) groups is 3. The van der Waals surface area contributed by atoms with E-state index in [4.69, 9.17) is 29.7 Å².